The number of hydrogen-bond donors (Lipinski definition) is 1. The van der Waals surface area contributed by atoms with Crippen LogP contribution in [0.5, 0.6) is 5.75 Å². The zero-order chi connectivity index (χ0) is 22.5. The molecule has 3 rings (SSSR count). The van der Waals surface area contributed by atoms with E-state index in [2.05, 4.69) is 11.7 Å². The number of carbonyl (C=O) groups excluding carboxylic acids is 1. The minimum absolute atomic E-state index is 0.233. The molecule has 0 aliphatic heterocycles. The van der Waals surface area contributed by atoms with E-state index in [0.717, 1.165) is 36.3 Å². The highest BCUT2D eigenvalue weighted by molar-refractivity contribution is 7.99. The molecule has 0 saturated heterocycles. The lowest BCUT2D eigenvalue weighted by atomic mass is 10.1. The number of rotatable bonds is 6. The van der Waals surface area contributed by atoms with E-state index in [1.807, 2.05) is 32.0 Å². The molecule has 2 atom stereocenters. The van der Waals surface area contributed by atoms with Gasteiger partial charge in [-0.1, -0.05) is 38.8 Å². The summed E-state index contributed by atoms with van der Waals surface area (Å²) >= 11 is 15.2. The number of alkyl halides is 1. The maximum Gasteiger partial charge on any atom is 0.348 e. The van der Waals surface area contributed by atoms with Crippen LogP contribution in [0.4, 0.5) is 0 Å². The zero-order valence-electron chi connectivity index (χ0n) is 18.1. The molecule has 1 saturated carbocycles. The van der Waals surface area contributed by atoms with Crippen LogP contribution >= 0.6 is 46.3 Å². The third kappa shape index (κ3) is 9.95. The molecule has 2 unspecified atom stereocenters. The van der Waals surface area contributed by atoms with Gasteiger partial charge in [-0.2, -0.15) is 0 Å². The highest BCUT2D eigenvalue weighted by atomic mass is 35.5. The van der Waals surface area contributed by atoms with Gasteiger partial charge in [0.15, 0.2) is 0 Å². The van der Waals surface area contributed by atoms with Crippen molar-refractivity contribution >= 4 is 52.3 Å². The fourth-order valence-corrected chi connectivity index (χ4v) is 5.82. The molecule has 1 heterocycles. The number of thiophene rings is 1. The number of aromatic hydroxyl groups is 1. The summed E-state index contributed by atoms with van der Waals surface area (Å²) in [5.74, 6) is 1.76. The van der Waals surface area contributed by atoms with Gasteiger partial charge in [-0.15, -0.1) is 34.7 Å². The van der Waals surface area contributed by atoms with E-state index < -0.39 is 0 Å². The number of ether oxygens (including phenoxy) is 1. The van der Waals surface area contributed by atoms with Crippen molar-refractivity contribution in [3.05, 3.63) is 45.1 Å². The number of hydrogen-bond acceptors (Lipinski definition) is 5. The largest absolute Gasteiger partial charge is 0.508 e. The van der Waals surface area contributed by atoms with Crippen LogP contribution in [-0.4, -0.2) is 29.3 Å². The normalized spacial score (nSPS) is 17.4. The Bertz CT molecular complexity index is 744. The van der Waals surface area contributed by atoms with Crippen LogP contribution in [0.1, 0.15) is 61.0 Å². The van der Waals surface area contributed by atoms with Crippen LogP contribution in [0.2, 0.25) is 5.02 Å². The monoisotopic (exact) mass is 490 g/mol. The Balaban J connectivity index is 0.000000287. The smallest absolute Gasteiger partial charge is 0.348 e. The predicted octanol–water partition coefficient (Wildman–Crippen LogP) is 8.06. The van der Waals surface area contributed by atoms with Crippen LogP contribution in [0.25, 0.3) is 0 Å². The topological polar surface area (TPSA) is 46.5 Å². The first-order chi connectivity index (χ1) is 14.4. The van der Waals surface area contributed by atoms with Crippen molar-refractivity contribution in [1.29, 1.82) is 0 Å². The van der Waals surface area contributed by atoms with Crippen molar-refractivity contribution in [2.75, 3.05) is 12.9 Å². The van der Waals surface area contributed by atoms with Gasteiger partial charge in [0.05, 0.1) is 7.11 Å². The van der Waals surface area contributed by atoms with Crippen molar-refractivity contribution in [2.45, 2.75) is 63.1 Å². The molecule has 1 N–H and O–H groups in total. The summed E-state index contributed by atoms with van der Waals surface area (Å²) in [7, 11) is 1.40. The first kappa shape index (κ1) is 27.2. The van der Waals surface area contributed by atoms with Crippen molar-refractivity contribution in [3.63, 3.8) is 0 Å². The van der Waals surface area contributed by atoms with Gasteiger partial charge >= 0.3 is 5.97 Å². The highest BCUT2D eigenvalue weighted by Crippen LogP contribution is 2.35. The average molecular weight is 492 g/mol. The Kier molecular flexibility index (Phi) is 13.6. The Hall–Kier alpha value is -0.880. The third-order valence-electron chi connectivity index (χ3n) is 4.36. The number of halogens is 2. The van der Waals surface area contributed by atoms with E-state index in [0.29, 0.717) is 21.2 Å². The molecule has 0 spiro atoms. The van der Waals surface area contributed by atoms with Crippen molar-refractivity contribution in [1.82, 2.24) is 0 Å². The van der Waals surface area contributed by atoms with Gasteiger partial charge in [-0.25, -0.2) is 4.79 Å². The minimum atomic E-state index is -0.234. The summed E-state index contributed by atoms with van der Waals surface area (Å²) in [5, 5.41) is 10.4. The molecule has 1 aliphatic carbocycles. The summed E-state index contributed by atoms with van der Waals surface area (Å²) in [6.07, 6.45) is 5.62. The molecule has 0 radical (unpaired) electrons. The van der Waals surface area contributed by atoms with Crippen LogP contribution in [0.15, 0.2) is 35.2 Å². The van der Waals surface area contributed by atoms with E-state index in [-0.39, 0.29) is 11.7 Å². The van der Waals surface area contributed by atoms with E-state index >= 15 is 0 Å². The summed E-state index contributed by atoms with van der Waals surface area (Å²) in [5.41, 5.74) is 0. The number of aryl methyl sites for hydroxylation is 1. The maximum atomic E-state index is 11.0. The second kappa shape index (κ2) is 15.0. The molecule has 168 valence electrons. The minimum Gasteiger partial charge on any atom is -0.508 e. The molecule has 1 aromatic heterocycles. The number of carbonyl (C=O) groups is 1. The summed E-state index contributed by atoms with van der Waals surface area (Å²) in [6.45, 7) is 6.12. The molecule has 1 aromatic carbocycles. The Morgan fingerprint density at radius 2 is 2.00 bits per heavy atom. The van der Waals surface area contributed by atoms with Gasteiger partial charge in [0, 0.05) is 25.9 Å². The number of methoxy groups -OCH3 is 1. The van der Waals surface area contributed by atoms with Gasteiger partial charge in [0.1, 0.15) is 10.6 Å². The Morgan fingerprint density at radius 1 is 1.27 bits per heavy atom. The number of phenolic OH excluding ortho intramolecular Hbond substituents is 1. The maximum absolute atomic E-state index is 11.0. The molecule has 2 aromatic rings. The Morgan fingerprint density at radius 3 is 2.57 bits per heavy atom. The highest BCUT2D eigenvalue weighted by Gasteiger charge is 2.22. The first-order valence-electron chi connectivity index (χ1n) is 10.3. The van der Waals surface area contributed by atoms with Gasteiger partial charge in [0.25, 0.3) is 0 Å². The predicted molar refractivity (Wildman–Crippen MR) is 132 cm³/mol. The molecule has 7 heteroatoms. The number of benzene rings is 1. The fraction of sp³-hybridized carbons (Fsp3) is 0.522. The van der Waals surface area contributed by atoms with Gasteiger partial charge in [-0.05, 0) is 61.9 Å². The lowest BCUT2D eigenvalue weighted by Crippen LogP contribution is -1.98. The molecular weight excluding hydrogens is 459 g/mol. The molecule has 0 amide bonds. The van der Waals surface area contributed by atoms with Crippen molar-refractivity contribution < 1.29 is 14.6 Å². The molecule has 0 bridgehead atoms. The molecule has 1 fully saturated rings. The molecular formula is C23H32Cl2O3S2. The van der Waals surface area contributed by atoms with Crippen LogP contribution in [0.3, 0.4) is 0 Å². The number of phenols is 1. The van der Waals surface area contributed by atoms with E-state index in [4.69, 9.17) is 23.2 Å². The van der Waals surface area contributed by atoms with Gasteiger partial charge in [-0.3, -0.25) is 0 Å². The zero-order valence-corrected chi connectivity index (χ0v) is 21.3. The molecule has 3 nitrogen and oxygen atoms in total. The van der Waals surface area contributed by atoms with E-state index in [1.165, 1.54) is 29.7 Å². The molecule has 30 heavy (non-hydrogen) atoms. The summed E-state index contributed by atoms with van der Waals surface area (Å²) < 4.78 is 4.60. The van der Waals surface area contributed by atoms with Crippen molar-refractivity contribution in [2.24, 2.45) is 5.92 Å². The first-order valence-corrected chi connectivity index (χ1v) is 13.0. The lowest BCUT2D eigenvalue weighted by molar-refractivity contribution is 0.0606. The molecule has 1 aliphatic rings. The standard InChI is InChI=1S/C12H14Cl2OS.C9H12O2S.C2H6/c13-9-2-1-8(3-9)7-16-12-5-10(14)4-11(15)6-12;1-3-4-7-5-6-8(12-7)9(10)11-2;1-2/h4-6,8-9,15H,1-3,7H2;5-6H,3-4H2,1-2H3;1-2H3. The fourth-order valence-electron chi connectivity index (χ4n) is 2.98. The summed E-state index contributed by atoms with van der Waals surface area (Å²) in [6, 6.07) is 9.00. The van der Waals surface area contributed by atoms with Crippen LogP contribution < -0.4 is 0 Å². The quantitative estimate of drug-likeness (QED) is 0.252. The number of esters is 1. The van der Waals surface area contributed by atoms with Crippen LogP contribution in [-0.2, 0) is 11.2 Å². The Labute approximate surface area is 199 Å². The van der Waals surface area contributed by atoms with E-state index in [9.17, 15) is 9.90 Å². The lowest BCUT2D eigenvalue weighted by Gasteiger charge is -2.09. The summed E-state index contributed by atoms with van der Waals surface area (Å²) in [4.78, 5) is 14.0. The second-order valence-electron chi connectivity index (χ2n) is 6.74. The van der Waals surface area contributed by atoms with E-state index in [1.54, 1.807) is 23.9 Å². The third-order valence-corrected chi connectivity index (χ3v) is 7.31. The van der Waals surface area contributed by atoms with Gasteiger partial charge in [0.2, 0.25) is 0 Å². The van der Waals surface area contributed by atoms with Crippen LogP contribution in [0, 0.1) is 5.92 Å². The van der Waals surface area contributed by atoms with Gasteiger partial charge < -0.3 is 9.84 Å². The second-order valence-corrected chi connectivity index (χ2v) is 10.1. The average Bonchev–Trinajstić information content (AvgIpc) is 3.36. The SMILES string of the molecule is CC.CCCc1ccc(C(=O)OC)s1.Oc1cc(Cl)cc(SCC2CCC(Cl)C2)c1. The van der Waals surface area contributed by atoms with Crippen molar-refractivity contribution in [3.8, 4) is 5.75 Å². The number of thioether (sulfide) groups is 1.